The van der Waals surface area contributed by atoms with Crippen LogP contribution in [0.3, 0.4) is 0 Å². The molecule has 0 radical (unpaired) electrons. The number of guanidine groups is 1. The first-order valence-corrected chi connectivity index (χ1v) is 7.90. The van der Waals surface area contributed by atoms with Crippen LogP contribution in [-0.2, 0) is 13.1 Å². The van der Waals surface area contributed by atoms with Crippen LogP contribution in [0.4, 0.5) is 0 Å². The summed E-state index contributed by atoms with van der Waals surface area (Å²) in [6, 6.07) is 8.72. The molecule has 6 nitrogen and oxygen atoms in total. The van der Waals surface area contributed by atoms with Crippen LogP contribution in [0.25, 0.3) is 0 Å². The van der Waals surface area contributed by atoms with E-state index in [1.165, 1.54) is 0 Å². The number of amides is 1. The van der Waals surface area contributed by atoms with Gasteiger partial charge in [0.1, 0.15) is 5.76 Å². The third-order valence-electron chi connectivity index (χ3n) is 3.30. The topological polar surface area (TPSA) is 83.9 Å². The van der Waals surface area contributed by atoms with E-state index in [0.717, 1.165) is 5.56 Å². The van der Waals surface area contributed by atoms with Gasteiger partial charge in [-0.25, -0.2) is 0 Å². The lowest BCUT2D eigenvalue weighted by Gasteiger charge is -2.22. The Morgan fingerprint density at radius 1 is 1.28 bits per heavy atom. The van der Waals surface area contributed by atoms with Gasteiger partial charge >= 0.3 is 0 Å². The summed E-state index contributed by atoms with van der Waals surface area (Å²) in [6.07, 6.45) is 0. The van der Waals surface area contributed by atoms with Crippen molar-refractivity contribution < 1.29 is 9.21 Å². The number of halogens is 3. The third-order valence-corrected chi connectivity index (χ3v) is 4.04. The maximum Gasteiger partial charge on any atom is 0.284 e. The molecule has 1 aromatic heterocycles. The third kappa shape index (κ3) is 6.09. The predicted molar refractivity (Wildman–Crippen MR) is 111 cm³/mol. The molecule has 136 valence electrons. The minimum atomic E-state index is -0.595. The van der Waals surface area contributed by atoms with Gasteiger partial charge in [-0.1, -0.05) is 29.3 Å². The van der Waals surface area contributed by atoms with Crippen LogP contribution in [-0.4, -0.2) is 30.9 Å². The monoisotopic (exact) mass is 496 g/mol. The number of primary amides is 1. The van der Waals surface area contributed by atoms with Crippen molar-refractivity contribution >= 4 is 59.0 Å². The maximum atomic E-state index is 11.0. The largest absolute Gasteiger partial charge is 0.454 e. The quantitative estimate of drug-likeness (QED) is 0.377. The van der Waals surface area contributed by atoms with Gasteiger partial charge in [0.05, 0.1) is 16.6 Å². The zero-order valence-electron chi connectivity index (χ0n) is 13.8. The van der Waals surface area contributed by atoms with Gasteiger partial charge in [-0.3, -0.25) is 9.79 Å². The van der Waals surface area contributed by atoms with Crippen LogP contribution >= 0.6 is 47.2 Å². The molecule has 2 rings (SSSR count). The lowest BCUT2D eigenvalue weighted by Crippen LogP contribution is -2.37. The molecule has 0 bridgehead atoms. The Bertz CT molecular complexity index is 764. The molecule has 0 fully saturated rings. The average Bonchev–Trinajstić information content (AvgIpc) is 3.01. The first kappa shape index (κ1) is 21.6. The lowest BCUT2D eigenvalue weighted by atomic mass is 10.2. The molecule has 25 heavy (non-hydrogen) atoms. The SMILES string of the molecule is CN=C(NCc1ccc(C(N)=O)o1)N(C)Cc1ccc(Cl)c(Cl)c1.I. The Hall–Kier alpha value is -1.45. The van der Waals surface area contributed by atoms with Crippen molar-refractivity contribution in [3.05, 3.63) is 57.5 Å². The number of hydrogen-bond acceptors (Lipinski definition) is 3. The number of carbonyl (C=O) groups excluding carboxylic acids is 1. The van der Waals surface area contributed by atoms with Gasteiger partial charge in [-0.2, -0.15) is 0 Å². The Morgan fingerprint density at radius 2 is 2.00 bits per heavy atom. The first-order valence-electron chi connectivity index (χ1n) is 7.15. The second-order valence-electron chi connectivity index (χ2n) is 5.14. The van der Waals surface area contributed by atoms with Crippen LogP contribution in [0.5, 0.6) is 0 Å². The van der Waals surface area contributed by atoms with Gasteiger partial charge in [0.2, 0.25) is 0 Å². The number of carbonyl (C=O) groups is 1. The van der Waals surface area contributed by atoms with E-state index in [4.69, 9.17) is 33.4 Å². The highest BCUT2D eigenvalue weighted by molar-refractivity contribution is 14.0. The molecule has 1 aromatic carbocycles. The predicted octanol–water partition coefficient (Wildman–Crippen LogP) is 3.51. The maximum absolute atomic E-state index is 11.0. The van der Waals surface area contributed by atoms with E-state index in [2.05, 4.69) is 10.3 Å². The fraction of sp³-hybridized carbons (Fsp3) is 0.250. The summed E-state index contributed by atoms with van der Waals surface area (Å²) in [5, 5.41) is 4.19. The summed E-state index contributed by atoms with van der Waals surface area (Å²) < 4.78 is 5.32. The summed E-state index contributed by atoms with van der Waals surface area (Å²) >= 11 is 12.0. The van der Waals surface area contributed by atoms with Crippen LogP contribution in [0, 0.1) is 0 Å². The van der Waals surface area contributed by atoms with Crippen molar-refractivity contribution in [2.24, 2.45) is 10.7 Å². The fourth-order valence-electron chi connectivity index (χ4n) is 2.14. The number of nitrogens with one attached hydrogen (secondary N) is 1. The van der Waals surface area contributed by atoms with Gasteiger partial charge in [0.15, 0.2) is 11.7 Å². The zero-order valence-corrected chi connectivity index (χ0v) is 17.6. The summed E-state index contributed by atoms with van der Waals surface area (Å²) in [7, 11) is 3.58. The van der Waals surface area contributed by atoms with Gasteiger partial charge in [0.25, 0.3) is 5.91 Å². The minimum Gasteiger partial charge on any atom is -0.454 e. The molecular formula is C16H19Cl2IN4O2. The number of rotatable bonds is 5. The molecule has 0 aliphatic carbocycles. The highest BCUT2D eigenvalue weighted by Crippen LogP contribution is 2.23. The van der Waals surface area contributed by atoms with Gasteiger partial charge in [0, 0.05) is 20.6 Å². The van der Waals surface area contributed by atoms with E-state index >= 15 is 0 Å². The molecular weight excluding hydrogens is 478 g/mol. The number of nitrogens with two attached hydrogens (primary N) is 1. The summed E-state index contributed by atoms with van der Waals surface area (Å²) in [5.41, 5.74) is 6.16. The normalized spacial score (nSPS) is 11.0. The first-order chi connectivity index (χ1) is 11.4. The van der Waals surface area contributed by atoms with E-state index in [1.54, 1.807) is 25.2 Å². The molecule has 0 aliphatic heterocycles. The standard InChI is InChI=1S/C16H18Cl2N4O2.HI/c1-20-16(21-8-11-4-6-14(24-11)15(19)23)22(2)9-10-3-5-12(17)13(18)7-10;/h3-7H,8-9H2,1-2H3,(H2,19,23)(H,20,21);1H. The number of benzene rings is 1. The Morgan fingerprint density at radius 3 is 2.56 bits per heavy atom. The minimum absolute atomic E-state index is 0. The van der Waals surface area contributed by atoms with E-state index in [9.17, 15) is 4.79 Å². The van der Waals surface area contributed by atoms with Crippen LogP contribution in [0.15, 0.2) is 39.7 Å². The fourth-order valence-corrected chi connectivity index (χ4v) is 2.46. The van der Waals surface area contributed by atoms with E-state index in [-0.39, 0.29) is 29.7 Å². The lowest BCUT2D eigenvalue weighted by molar-refractivity contribution is 0.0972. The van der Waals surface area contributed by atoms with Crippen molar-refractivity contribution in [2.75, 3.05) is 14.1 Å². The van der Waals surface area contributed by atoms with Crippen molar-refractivity contribution in [2.45, 2.75) is 13.1 Å². The van der Waals surface area contributed by atoms with Crippen molar-refractivity contribution in [3.63, 3.8) is 0 Å². The highest BCUT2D eigenvalue weighted by atomic mass is 127. The number of nitrogens with zero attached hydrogens (tertiary/aromatic N) is 2. The van der Waals surface area contributed by atoms with E-state index in [0.29, 0.717) is 34.9 Å². The molecule has 9 heteroatoms. The molecule has 2 aromatic rings. The summed E-state index contributed by atoms with van der Waals surface area (Å²) in [6.45, 7) is 0.979. The molecule has 3 N–H and O–H groups in total. The molecule has 0 aliphatic rings. The number of hydrogen-bond donors (Lipinski definition) is 2. The molecule has 0 unspecified atom stereocenters. The van der Waals surface area contributed by atoms with Crippen molar-refractivity contribution in [3.8, 4) is 0 Å². The van der Waals surface area contributed by atoms with E-state index in [1.807, 2.05) is 24.1 Å². The van der Waals surface area contributed by atoms with E-state index < -0.39 is 5.91 Å². The molecule has 0 atom stereocenters. The van der Waals surface area contributed by atoms with Crippen LogP contribution in [0.1, 0.15) is 21.9 Å². The Labute approximate surface area is 173 Å². The van der Waals surface area contributed by atoms with Crippen molar-refractivity contribution in [1.82, 2.24) is 10.2 Å². The number of aliphatic imine (C=N–C) groups is 1. The van der Waals surface area contributed by atoms with Crippen LogP contribution < -0.4 is 11.1 Å². The van der Waals surface area contributed by atoms with Gasteiger partial charge in [-0.15, -0.1) is 24.0 Å². The second kappa shape index (κ2) is 9.88. The summed E-state index contributed by atoms with van der Waals surface area (Å²) in [4.78, 5) is 17.2. The number of furan rings is 1. The smallest absolute Gasteiger partial charge is 0.284 e. The molecule has 0 saturated heterocycles. The molecule has 0 saturated carbocycles. The average molecular weight is 497 g/mol. The molecule has 1 heterocycles. The Kier molecular flexibility index (Phi) is 8.54. The molecule has 0 spiro atoms. The van der Waals surface area contributed by atoms with Crippen molar-refractivity contribution in [1.29, 1.82) is 0 Å². The molecule has 1 amide bonds. The zero-order chi connectivity index (χ0) is 17.7. The second-order valence-corrected chi connectivity index (χ2v) is 5.95. The summed E-state index contributed by atoms with van der Waals surface area (Å²) in [5.74, 6) is 0.791. The Balaban J connectivity index is 0.00000312. The van der Waals surface area contributed by atoms with Gasteiger partial charge in [-0.05, 0) is 29.8 Å². The highest BCUT2D eigenvalue weighted by Gasteiger charge is 2.10. The van der Waals surface area contributed by atoms with Crippen LogP contribution in [0.2, 0.25) is 10.0 Å². The van der Waals surface area contributed by atoms with Gasteiger partial charge < -0.3 is 20.4 Å².